The molecule has 6 heteroatoms. The first-order valence-electron chi connectivity index (χ1n) is 11.1. The van der Waals surface area contributed by atoms with E-state index in [0.717, 1.165) is 42.6 Å². The van der Waals surface area contributed by atoms with Crippen molar-refractivity contribution in [2.45, 2.75) is 58.5 Å². The Kier molecular flexibility index (Phi) is 8.43. The summed E-state index contributed by atoms with van der Waals surface area (Å²) in [6, 6.07) is 14.6. The lowest BCUT2D eigenvalue weighted by atomic mass is 10.0. The van der Waals surface area contributed by atoms with Crippen LogP contribution in [0.3, 0.4) is 0 Å². The van der Waals surface area contributed by atoms with E-state index in [2.05, 4.69) is 17.3 Å². The molecule has 0 unspecified atom stereocenters. The lowest BCUT2D eigenvalue weighted by Gasteiger charge is -2.37. The van der Waals surface area contributed by atoms with Gasteiger partial charge in [-0.05, 0) is 75.6 Å². The highest BCUT2D eigenvalue weighted by Gasteiger charge is 2.27. The predicted molar refractivity (Wildman–Crippen MR) is 121 cm³/mol. The number of carbonyl (C=O) groups is 1. The molecule has 1 N–H and O–H groups in total. The first-order valence-corrected chi connectivity index (χ1v) is 11.1. The van der Waals surface area contributed by atoms with Crippen molar-refractivity contribution in [1.82, 2.24) is 15.1 Å². The van der Waals surface area contributed by atoms with Crippen LogP contribution in [0.5, 0.6) is 0 Å². The fourth-order valence-corrected chi connectivity index (χ4v) is 3.76. The van der Waals surface area contributed by atoms with Gasteiger partial charge in [0.15, 0.2) is 0 Å². The molecule has 31 heavy (non-hydrogen) atoms. The summed E-state index contributed by atoms with van der Waals surface area (Å²) in [4.78, 5) is 17.3. The maximum atomic E-state index is 13.3. The third-order valence-corrected chi connectivity index (χ3v) is 5.71. The molecule has 1 aliphatic rings. The number of nitrogens with one attached hydrogen (secondary N) is 1. The van der Waals surface area contributed by atoms with Gasteiger partial charge in [0.2, 0.25) is 0 Å². The molecule has 1 aliphatic heterocycles. The number of urea groups is 1. The summed E-state index contributed by atoms with van der Waals surface area (Å²) in [5.74, 6) is -0.263. The monoisotopic (exact) mass is 427 g/mol. The Morgan fingerprint density at radius 1 is 1.06 bits per heavy atom. The van der Waals surface area contributed by atoms with E-state index >= 15 is 0 Å². The van der Waals surface area contributed by atoms with Crippen LogP contribution in [0.2, 0.25) is 0 Å². The largest absolute Gasteiger partial charge is 0.374 e. The van der Waals surface area contributed by atoms with Crippen LogP contribution in [0, 0.1) is 5.82 Å². The molecule has 1 saturated heterocycles. The van der Waals surface area contributed by atoms with Gasteiger partial charge in [-0.15, -0.1) is 0 Å². The molecule has 1 fully saturated rings. The number of piperidine rings is 1. The highest BCUT2D eigenvalue weighted by molar-refractivity contribution is 5.74. The number of likely N-dealkylation sites (tertiary alicyclic amines) is 1. The summed E-state index contributed by atoms with van der Waals surface area (Å²) >= 11 is 0. The van der Waals surface area contributed by atoms with Crippen molar-refractivity contribution in [1.29, 1.82) is 0 Å². The first kappa shape index (κ1) is 23.2. The number of benzene rings is 2. The van der Waals surface area contributed by atoms with Crippen molar-refractivity contribution in [3.05, 3.63) is 71.0 Å². The van der Waals surface area contributed by atoms with Gasteiger partial charge in [-0.2, -0.15) is 0 Å². The van der Waals surface area contributed by atoms with E-state index in [-0.39, 0.29) is 24.0 Å². The van der Waals surface area contributed by atoms with Crippen LogP contribution in [0.15, 0.2) is 48.5 Å². The molecule has 2 aromatic carbocycles. The summed E-state index contributed by atoms with van der Waals surface area (Å²) in [5.41, 5.74) is 3.10. The van der Waals surface area contributed by atoms with Gasteiger partial charge in [0.1, 0.15) is 5.82 Å². The smallest absolute Gasteiger partial charge is 0.318 e. The molecule has 0 spiro atoms. The van der Waals surface area contributed by atoms with Crippen LogP contribution in [0.4, 0.5) is 9.18 Å². The zero-order chi connectivity index (χ0) is 22.2. The van der Waals surface area contributed by atoms with Crippen molar-refractivity contribution in [3.63, 3.8) is 0 Å². The highest BCUT2D eigenvalue weighted by atomic mass is 19.1. The summed E-state index contributed by atoms with van der Waals surface area (Å²) in [7, 11) is 2.11. The fourth-order valence-electron chi connectivity index (χ4n) is 3.76. The number of carbonyl (C=O) groups excluding carboxylic acids is 1. The van der Waals surface area contributed by atoms with Crippen molar-refractivity contribution in [3.8, 4) is 0 Å². The Morgan fingerprint density at radius 3 is 2.26 bits per heavy atom. The molecular weight excluding hydrogens is 393 g/mol. The second-order valence-corrected chi connectivity index (χ2v) is 8.62. The number of nitrogens with zero attached hydrogens (tertiary/aromatic N) is 2. The average molecular weight is 428 g/mol. The summed E-state index contributed by atoms with van der Waals surface area (Å²) < 4.78 is 18.9. The SMILES string of the molecule is CC(C)OCc1ccc(CNC(=O)N(Cc2ccc(F)cc2)C2CCN(C)CC2)cc1. The van der Waals surface area contributed by atoms with Gasteiger partial charge in [0.05, 0.1) is 12.7 Å². The number of amides is 2. The van der Waals surface area contributed by atoms with E-state index in [9.17, 15) is 9.18 Å². The molecule has 0 atom stereocenters. The lowest BCUT2D eigenvalue weighted by Crippen LogP contribution is -2.49. The average Bonchev–Trinajstić information content (AvgIpc) is 2.77. The Labute approximate surface area is 185 Å². The molecule has 5 nitrogen and oxygen atoms in total. The number of hydrogen-bond acceptors (Lipinski definition) is 3. The van der Waals surface area contributed by atoms with E-state index in [4.69, 9.17) is 4.74 Å². The maximum Gasteiger partial charge on any atom is 0.318 e. The van der Waals surface area contributed by atoms with Gasteiger partial charge in [0, 0.05) is 19.1 Å². The minimum absolute atomic E-state index is 0.0777. The molecule has 1 heterocycles. The second kappa shape index (κ2) is 11.3. The topological polar surface area (TPSA) is 44.8 Å². The number of halogens is 1. The Balaban J connectivity index is 1.61. The van der Waals surface area contributed by atoms with Crippen molar-refractivity contribution >= 4 is 6.03 Å². The molecule has 3 rings (SSSR count). The molecule has 2 amide bonds. The quantitative estimate of drug-likeness (QED) is 0.672. The molecule has 168 valence electrons. The van der Waals surface area contributed by atoms with Gasteiger partial charge >= 0.3 is 6.03 Å². The van der Waals surface area contributed by atoms with E-state index in [1.807, 2.05) is 43.0 Å². The molecule has 0 bridgehead atoms. The van der Waals surface area contributed by atoms with Crippen LogP contribution in [-0.4, -0.2) is 48.1 Å². The third-order valence-electron chi connectivity index (χ3n) is 5.71. The molecule has 0 aromatic heterocycles. The van der Waals surface area contributed by atoms with Crippen molar-refractivity contribution < 1.29 is 13.9 Å². The van der Waals surface area contributed by atoms with Crippen molar-refractivity contribution in [2.75, 3.05) is 20.1 Å². The molecule has 2 aromatic rings. The molecule has 0 saturated carbocycles. The van der Waals surface area contributed by atoms with E-state index in [1.54, 1.807) is 12.1 Å². The Hall–Kier alpha value is -2.44. The number of rotatable bonds is 8. The normalized spacial score (nSPS) is 15.3. The summed E-state index contributed by atoms with van der Waals surface area (Å²) in [6.07, 6.45) is 2.08. The van der Waals surface area contributed by atoms with Crippen LogP contribution in [-0.2, 0) is 24.4 Å². The number of ether oxygens (including phenoxy) is 1. The first-order chi connectivity index (χ1) is 14.9. The maximum absolute atomic E-state index is 13.3. The van der Waals surface area contributed by atoms with Gasteiger partial charge in [-0.25, -0.2) is 9.18 Å². The van der Waals surface area contributed by atoms with Gasteiger partial charge < -0.3 is 19.9 Å². The van der Waals surface area contributed by atoms with E-state index in [0.29, 0.717) is 19.7 Å². The second-order valence-electron chi connectivity index (χ2n) is 8.62. The van der Waals surface area contributed by atoms with Gasteiger partial charge in [-0.1, -0.05) is 36.4 Å². The Morgan fingerprint density at radius 2 is 1.65 bits per heavy atom. The number of hydrogen-bond donors (Lipinski definition) is 1. The zero-order valence-electron chi connectivity index (χ0n) is 18.8. The van der Waals surface area contributed by atoms with Crippen LogP contribution < -0.4 is 5.32 Å². The fraction of sp³-hybridized carbons (Fsp3) is 0.480. The molecule has 0 radical (unpaired) electrons. The standard InChI is InChI=1S/C25H34FN3O2/c1-19(2)31-18-22-6-4-20(5-7-22)16-27-25(30)29(24-12-14-28(3)15-13-24)17-21-8-10-23(26)11-9-21/h4-11,19,24H,12-18H2,1-3H3,(H,27,30). The highest BCUT2D eigenvalue weighted by Crippen LogP contribution is 2.19. The molecular formula is C25H34FN3O2. The van der Waals surface area contributed by atoms with Crippen LogP contribution in [0.25, 0.3) is 0 Å². The van der Waals surface area contributed by atoms with Crippen LogP contribution >= 0.6 is 0 Å². The van der Waals surface area contributed by atoms with Crippen molar-refractivity contribution in [2.24, 2.45) is 0 Å². The lowest BCUT2D eigenvalue weighted by molar-refractivity contribution is 0.0657. The summed E-state index contributed by atoms with van der Waals surface area (Å²) in [5, 5.41) is 3.08. The van der Waals surface area contributed by atoms with Gasteiger partial charge in [0.25, 0.3) is 0 Å². The van der Waals surface area contributed by atoms with E-state index in [1.165, 1.54) is 12.1 Å². The van der Waals surface area contributed by atoms with Gasteiger partial charge in [-0.3, -0.25) is 0 Å². The molecule has 0 aliphatic carbocycles. The third kappa shape index (κ3) is 7.33. The minimum Gasteiger partial charge on any atom is -0.374 e. The van der Waals surface area contributed by atoms with E-state index < -0.39 is 0 Å². The van der Waals surface area contributed by atoms with Crippen LogP contribution in [0.1, 0.15) is 43.4 Å². The Bertz CT molecular complexity index is 816. The predicted octanol–water partition coefficient (Wildman–Crippen LogP) is 4.56. The zero-order valence-corrected chi connectivity index (χ0v) is 18.8. The minimum atomic E-state index is -0.263. The summed E-state index contributed by atoms with van der Waals surface area (Å²) in [6.45, 7) is 7.52.